The molecule has 9 heteroatoms. The van der Waals surface area contributed by atoms with Crippen molar-refractivity contribution in [1.82, 2.24) is 20.2 Å². The van der Waals surface area contributed by atoms with E-state index in [0.717, 1.165) is 18.4 Å². The van der Waals surface area contributed by atoms with Crippen LogP contribution >= 0.6 is 0 Å². The van der Waals surface area contributed by atoms with Crippen LogP contribution in [0.15, 0.2) is 6.20 Å². The standard InChI is InChI=1S/C12H20N6O2S/c1-3-5-14-12-16-10(9-8-15-18-11(9)17-12)13-6-4-7-21(2,19)20/h8H,3-7H2,1-2H3,(H3,13,14,15,16,17,18). The summed E-state index contributed by atoms with van der Waals surface area (Å²) in [7, 11) is -2.93. The molecule has 2 aromatic heterocycles. The van der Waals surface area contributed by atoms with Gasteiger partial charge < -0.3 is 10.6 Å². The Hall–Kier alpha value is -1.90. The highest BCUT2D eigenvalue weighted by molar-refractivity contribution is 7.90. The molecule has 0 aromatic carbocycles. The van der Waals surface area contributed by atoms with Crippen LogP contribution in [0.25, 0.3) is 11.0 Å². The molecule has 0 bridgehead atoms. The number of aromatic nitrogens is 4. The van der Waals surface area contributed by atoms with Crippen molar-refractivity contribution < 1.29 is 8.42 Å². The second-order valence-electron chi connectivity index (χ2n) is 4.87. The largest absolute Gasteiger partial charge is 0.369 e. The zero-order valence-corrected chi connectivity index (χ0v) is 13.0. The van der Waals surface area contributed by atoms with Crippen LogP contribution in [-0.2, 0) is 9.84 Å². The Morgan fingerprint density at radius 2 is 2.05 bits per heavy atom. The van der Waals surface area contributed by atoms with E-state index in [-0.39, 0.29) is 5.75 Å². The monoisotopic (exact) mass is 312 g/mol. The molecule has 0 spiro atoms. The highest BCUT2D eigenvalue weighted by atomic mass is 32.2. The van der Waals surface area contributed by atoms with Crippen molar-refractivity contribution in [2.24, 2.45) is 0 Å². The quantitative estimate of drug-likeness (QED) is 0.624. The number of nitrogens with one attached hydrogen (secondary N) is 3. The average Bonchev–Trinajstić information content (AvgIpc) is 2.88. The molecule has 0 radical (unpaired) electrons. The van der Waals surface area contributed by atoms with Crippen LogP contribution in [0, 0.1) is 0 Å². The van der Waals surface area contributed by atoms with Crippen molar-refractivity contribution in [2.75, 3.05) is 35.7 Å². The SMILES string of the molecule is CCCNc1nc(NCCCS(C)(=O)=O)c2cn[nH]c2n1. The maximum absolute atomic E-state index is 11.1. The Bertz CT molecular complexity index is 697. The van der Waals surface area contributed by atoms with Crippen LogP contribution in [0.4, 0.5) is 11.8 Å². The minimum absolute atomic E-state index is 0.153. The van der Waals surface area contributed by atoms with E-state index in [1.165, 1.54) is 6.26 Å². The minimum atomic E-state index is -2.93. The Balaban J connectivity index is 2.08. The lowest BCUT2D eigenvalue weighted by molar-refractivity contribution is 0.600. The van der Waals surface area contributed by atoms with Gasteiger partial charge in [0.25, 0.3) is 0 Å². The number of anilines is 2. The van der Waals surface area contributed by atoms with Crippen LogP contribution in [-0.4, -0.2) is 53.7 Å². The van der Waals surface area contributed by atoms with Crippen molar-refractivity contribution in [2.45, 2.75) is 19.8 Å². The highest BCUT2D eigenvalue weighted by Gasteiger charge is 2.09. The van der Waals surface area contributed by atoms with Crippen molar-refractivity contribution in [1.29, 1.82) is 0 Å². The van der Waals surface area contributed by atoms with Gasteiger partial charge in [-0.1, -0.05) is 6.92 Å². The van der Waals surface area contributed by atoms with Gasteiger partial charge in [-0.05, 0) is 12.8 Å². The summed E-state index contributed by atoms with van der Waals surface area (Å²) in [6, 6.07) is 0. The zero-order chi connectivity index (χ0) is 15.3. The van der Waals surface area contributed by atoms with Gasteiger partial charge >= 0.3 is 0 Å². The third kappa shape index (κ3) is 4.55. The number of hydrogen-bond acceptors (Lipinski definition) is 7. The molecule has 2 rings (SSSR count). The third-order valence-corrected chi connectivity index (χ3v) is 3.86. The van der Waals surface area contributed by atoms with Gasteiger partial charge in [-0.3, -0.25) is 5.10 Å². The summed E-state index contributed by atoms with van der Waals surface area (Å²) in [6.07, 6.45) is 4.39. The first-order chi connectivity index (χ1) is 9.99. The fourth-order valence-corrected chi connectivity index (χ4v) is 2.50. The normalized spacial score (nSPS) is 11.7. The molecule has 2 heterocycles. The molecule has 0 aliphatic rings. The summed E-state index contributed by atoms with van der Waals surface area (Å²) >= 11 is 0. The highest BCUT2D eigenvalue weighted by Crippen LogP contribution is 2.19. The van der Waals surface area contributed by atoms with Gasteiger partial charge in [-0.15, -0.1) is 0 Å². The second-order valence-corrected chi connectivity index (χ2v) is 7.12. The van der Waals surface area contributed by atoms with Gasteiger partial charge in [-0.25, -0.2) is 8.42 Å². The van der Waals surface area contributed by atoms with E-state index in [9.17, 15) is 8.42 Å². The number of H-pyrrole nitrogens is 1. The third-order valence-electron chi connectivity index (χ3n) is 2.83. The summed E-state index contributed by atoms with van der Waals surface area (Å²) in [5.41, 5.74) is 0.647. The summed E-state index contributed by atoms with van der Waals surface area (Å²) in [4.78, 5) is 8.73. The van der Waals surface area contributed by atoms with Crippen LogP contribution in [0.5, 0.6) is 0 Å². The van der Waals surface area contributed by atoms with Gasteiger partial charge in [0, 0.05) is 19.3 Å². The molecule has 0 atom stereocenters. The first kappa shape index (κ1) is 15.5. The average molecular weight is 312 g/mol. The number of rotatable bonds is 8. The molecular formula is C12H20N6O2S. The molecule has 0 aliphatic carbocycles. The Morgan fingerprint density at radius 1 is 1.24 bits per heavy atom. The molecule has 116 valence electrons. The number of hydrogen-bond donors (Lipinski definition) is 3. The summed E-state index contributed by atoms with van der Waals surface area (Å²) in [6.45, 7) is 3.37. The van der Waals surface area contributed by atoms with E-state index in [0.29, 0.717) is 30.4 Å². The van der Waals surface area contributed by atoms with Gasteiger partial charge in [-0.2, -0.15) is 15.1 Å². The Labute approximate surface area is 123 Å². The lowest BCUT2D eigenvalue weighted by Gasteiger charge is -2.09. The molecule has 0 saturated carbocycles. The van der Waals surface area contributed by atoms with Crippen molar-refractivity contribution in [3.05, 3.63) is 6.20 Å². The van der Waals surface area contributed by atoms with Crippen molar-refractivity contribution >= 4 is 32.6 Å². The van der Waals surface area contributed by atoms with Crippen LogP contribution in [0.1, 0.15) is 19.8 Å². The molecule has 2 aromatic rings. The molecule has 0 amide bonds. The van der Waals surface area contributed by atoms with Crippen molar-refractivity contribution in [3.63, 3.8) is 0 Å². The van der Waals surface area contributed by atoms with Crippen LogP contribution in [0.3, 0.4) is 0 Å². The second kappa shape index (κ2) is 6.70. The minimum Gasteiger partial charge on any atom is -0.369 e. The lowest BCUT2D eigenvalue weighted by Crippen LogP contribution is -2.12. The van der Waals surface area contributed by atoms with Crippen molar-refractivity contribution in [3.8, 4) is 0 Å². The summed E-state index contributed by atoms with van der Waals surface area (Å²) in [5.74, 6) is 1.33. The molecule has 21 heavy (non-hydrogen) atoms. The van der Waals surface area contributed by atoms with Gasteiger partial charge in [0.1, 0.15) is 15.7 Å². The van der Waals surface area contributed by atoms with E-state index in [4.69, 9.17) is 0 Å². The molecule has 3 N–H and O–H groups in total. The Morgan fingerprint density at radius 3 is 2.76 bits per heavy atom. The molecule has 8 nitrogen and oxygen atoms in total. The first-order valence-corrected chi connectivity index (χ1v) is 8.92. The van der Waals surface area contributed by atoms with E-state index >= 15 is 0 Å². The molecule has 0 saturated heterocycles. The van der Waals surface area contributed by atoms with Gasteiger partial charge in [0.2, 0.25) is 5.95 Å². The summed E-state index contributed by atoms with van der Waals surface area (Å²) in [5, 5.41) is 13.8. The number of aromatic amines is 1. The van der Waals surface area contributed by atoms with E-state index in [1.807, 2.05) is 0 Å². The number of sulfone groups is 1. The van der Waals surface area contributed by atoms with Crippen LogP contribution in [0.2, 0.25) is 0 Å². The maximum atomic E-state index is 11.1. The Kier molecular flexibility index (Phi) is 4.94. The maximum Gasteiger partial charge on any atom is 0.226 e. The van der Waals surface area contributed by atoms with E-state index in [1.54, 1.807) is 6.20 Å². The van der Waals surface area contributed by atoms with Crippen LogP contribution < -0.4 is 10.6 Å². The fraction of sp³-hybridized carbons (Fsp3) is 0.583. The fourth-order valence-electron chi connectivity index (χ4n) is 1.83. The zero-order valence-electron chi connectivity index (χ0n) is 12.2. The van der Waals surface area contributed by atoms with Gasteiger partial charge in [0.15, 0.2) is 5.65 Å². The lowest BCUT2D eigenvalue weighted by atomic mass is 10.3. The molecule has 0 fully saturated rings. The van der Waals surface area contributed by atoms with E-state index in [2.05, 4.69) is 37.7 Å². The number of nitrogens with zero attached hydrogens (tertiary/aromatic N) is 3. The molecule has 0 unspecified atom stereocenters. The molecular weight excluding hydrogens is 292 g/mol. The smallest absolute Gasteiger partial charge is 0.226 e. The molecule has 0 aliphatic heterocycles. The topological polar surface area (TPSA) is 113 Å². The summed E-state index contributed by atoms with van der Waals surface area (Å²) < 4.78 is 22.2. The predicted octanol–water partition coefficient (Wildman–Crippen LogP) is 1.02. The first-order valence-electron chi connectivity index (χ1n) is 6.86. The van der Waals surface area contributed by atoms with Gasteiger partial charge in [0.05, 0.1) is 17.3 Å². The predicted molar refractivity (Wildman–Crippen MR) is 83.3 cm³/mol. The van der Waals surface area contributed by atoms with E-state index < -0.39 is 9.84 Å². The number of fused-ring (bicyclic) bond motifs is 1.